The Morgan fingerprint density at radius 1 is 1.07 bits per heavy atom. The van der Waals surface area contributed by atoms with Crippen LogP contribution in [0.25, 0.3) is 22.2 Å². The highest BCUT2D eigenvalue weighted by atomic mass is 16.5. The molecule has 5 heteroatoms. The van der Waals surface area contributed by atoms with Crippen molar-refractivity contribution in [2.75, 3.05) is 38.1 Å². The molecule has 0 spiro atoms. The summed E-state index contributed by atoms with van der Waals surface area (Å²) >= 11 is 0. The summed E-state index contributed by atoms with van der Waals surface area (Å²) in [5.74, 6) is 0.868. The fraction of sp³-hybridized carbons (Fsp3) is 0.400. The molecule has 0 aliphatic carbocycles. The molecule has 1 aliphatic rings. The Balaban J connectivity index is 1.65. The van der Waals surface area contributed by atoms with Gasteiger partial charge in [0.2, 0.25) is 0 Å². The second kappa shape index (κ2) is 9.23. The number of hydrogen-bond acceptors (Lipinski definition) is 4. The molecule has 1 saturated heterocycles. The predicted molar refractivity (Wildman–Crippen MR) is 123 cm³/mol. The first-order valence-corrected chi connectivity index (χ1v) is 11.0. The summed E-state index contributed by atoms with van der Waals surface area (Å²) in [4.78, 5) is 2.45. The Kier molecular flexibility index (Phi) is 6.25. The van der Waals surface area contributed by atoms with Crippen LogP contribution in [0.1, 0.15) is 32.3 Å². The minimum absolute atomic E-state index is 0.697. The molecule has 3 aromatic rings. The zero-order valence-corrected chi connectivity index (χ0v) is 17.9. The lowest BCUT2D eigenvalue weighted by Gasteiger charge is -2.15. The molecule has 4 rings (SSSR count). The third kappa shape index (κ3) is 4.01. The number of likely N-dealkylation sites (tertiary alicyclic amines) is 1. The monoisotopic (exact) mass is 402 g/mol. The van der Waals surface area contributed by atoms with Crippen LogP contribution in [0.2, 0.25) is 0 Å². The highest BCUT2D eigenvalue weighted by molar-refractivity contribution is 5.95. The number of rotatable bonds is 8. The van der Waals surface area contributed by atoms with Crippen molar-refractivity contribution in [2.24, 2.45) is 0 Å². The van der Waals surface area contributed by atoms with Gasteiger partial charge in [0.15, 0.2) is 0 Å². The molecule has 0 unspecified atom stereocenters. The lowest BCUT2D eigenvalue weighted by atomic mass is 10.1. The van der Waals surface area contributed by atoms with Gasteiger partial charge in [-0.3, -0.25) is 4.90 Å². The summed E-state index contributed by atoms with van der Waals surface area (Å²) in [5, 5.41) is 14.3. The first-order valence-electron chi connectivity index (χ1n) is 11.0. The number of fused-ring (bicyclic) bond motifs is 1. The largest absolute Gasteiger partial charge is 0.492 e. The van der Waals surface area contributed by atoms with Gasteiger partial charge in [-0.2, -0.15) is 5.26 Å². The molecule has 0 atom stereocenters. The third-order valence-electron chi connectivity index (χ3n) is 5.88. The van der Waals surface area contributed by atoms with Gasteiger partial charge < -0.3 is 14.6 Å². The zero-order chi connectivity index (χ0) is 20.9. The summed E-state index contributed by atoms with van der Waals surface area (Å²) < 4.78 is 8.29. The standard InChI is InChI=1S/C25H30N4O/c1-3-27-20-9-7-19(8-10-20)25-23(18-26)22-12-11-21(17-24(22)29(25)4-2)30-16-15-28-13-5-6-14-28/h7-12,17,27H,3-6,13-16H2,1-2H3. The van der Waals surface area contributed by atoms with Gasteiger partial charge in [0.05, 0.1) is 16.8 Å². The minimum Gasteiger partial charge on any atom is -0.492 e. The summed E-state index contributed by atoms with van der Waals surface area (Å²) in [7, 11) is 0. The highest BCUT2D eigenvalue weighted by Crippen LogP contribution is 2.35. The van der Waals surface area contributed by atoms with E-state index in [4.69, 9.17) is 4.74 Å². The number of ether oxygens (including phenoxy) is 1. The quantitative estimate of drug-likeness (QED) is 0.569. The summed E-state index contributed by atoms with van der Waals surface area (Å²) in [6, 6.07) is 16.9. The molecule has 2 heterocycles. The van der Waals surface area contributed by atoms with E-state index in [1.165, 1.54) is 25.9 Å². The Morgan fingerprint density at radius 2 is 1.83 bits per heavy atom. The van der Waals surface area contributed by atoms with Gasteiger partial charge in [0.25, 0.3) is 0 Å². The first kappa shape index (κ1) is 20.3. The molecule has 0 bridgehead atoms. The van der Waals surface area contributed by atoms with Crippen LogP contribution >= 0.6 is 0 Å². The van der Waals surface area contributed by atoms with Crippen molar-refractivity contribution in [3.05, 3.63) is 48.0 Å². The van der Waals surface area contributed by atoms with E-state index in [-0.39, 0.29) is 0 Å². The molecule has 0 amide bonds. The Labute approximate surface area is 178 Å². The SMILES string of the molecule is CCNc1ccc(-c2c(C#N)c3ccc(OCCN4CCCC4)cc3n2CC)cc1. The van der Waals surface area contributed by atoms with Gasteiger partial charge in [0.1, 0.15) is 18.4 Å². The molecule has 1 aliphatic heterocycles. The molecule has 1 aromatic heterocycles. The van der Waals surface area contributed by atoms with Gasteiger partial charge in [-0.25, -0.2) is 0 Å². The Hall–Kier alpha value is -2.97. The van der Waals surface area contributed by atoms with Crippen LogP contribution in [0, 0.1) is 11.3 Å². The average molecular weight is 403 g/mol. The number of nitrogens with one attached hydrogen (secondary N) is 1. The highest BCUT2D eigenvalue weighted by Gasteiger charge is 2.19. The molecule has 1 fully saturated rings. The minimum atomic E-state index is 0.697. The van der Waals surface area contributed by atoms with Crippen molar-refractivity contribution < 1.29 is 4.74 Å². The topological polar surface area (TPSA) is 53.2 Å². The van der Waals surface area contributed by atoms with Crippen LogP contribution in [0.15, 0.2) is 42.5 Å². The molecular formula is C25H30N4O. The molecular weight excluding hydrogens is 372 g/mol. The molecule has 30 heavy (non-hydrogen) atoms. The maximum absolute atomic E-state index is 9.94. The number of anilines is 1. The van der Waals surface area contributed by atoms with Crippen molar-refractivity contribution >= 4 is 16.6 Å². The van der Waals surface area contributed by atoms with Crippen molar-refractivity contribution in [2.45, 2.75) is 33.2 Å². The van der Waals surface area contributed by atoms with Crippen molar-refractivity contribution in [3.63, 3.8) is 0 Å². The molecule has 0 saturated carbocycles. The second-order valence-corrected chi connectivity index (χ2v) is 7.76. The van der Waals surface area contributed by atoms with Crippen molar-refractivity contribution in [1.82, 2.24) is 9.47 Å². The average Bonchev–Trinajstić information content (AvgIpc) is 3.39. The lowest BCUT2D eigenvalue weighted by Crippen LogP contribution is -2.25. The molecule has 5 nitrogen and oxygen atoms in total. The van der Waals surface area contributed by atoms with Crippen LogP contribution in [0.4, 0.5) is 5.69 Å². The lowest BCUT2D eigenvalue weighted by molar-refractivity contribution is 0.238. The third-order valence-corrected chi connectivity index (χ3v) is 5.88. The number of aryl methyl sites for hydroxylation is 1. The Bertz CT molecular complexity index is 1040. The van der Waals surface area contributed by atoms with E-state index in [0.717, 1.165) is 58.8 Å². The summed E-state index contributed by atoms with van der Waals surface area (Å²) in [5.41, 5.74) is 4.91. The van der Waals surface area contributed by atoms with E-state index in [9.17, 15) is 5.26 Å². The van der Waals surface area contributed by atoms with Crippen LogP contribution in [0.5, 0.6) is 5.75 Å². The van der Waals surface area contributed by atoms with Gasteiger partial charge in [0, 0.05) is 36.8 Å². The predicted octanol–water partition coefficient (Wildman–Crippen LogP) is 5.11. The Morgan fingerprint density at radius 3 is 2.50 bits per heavy atom. The smallest absolute Gasteiger partial charge is 0.121 e. The molecule has 1 N–H and O–H groups in total. The second-order valence-electron chi connectivity index (χ2n) is 7.76. The fourth-order valence-electron chi connectivity index (χ4n) is 4.41. The number of nitriles is 1. The van der Waals surface area contributed by atoms with Gasteiger partial charge >= 0.3 is 0 Å². The molecule has 156 valence electrons. The van der Waals surface area contributed by atoms with E-state index in [2.05, 4.69) is 65.0 Å². The normalized spacial score (nSPS) is 14.2. The first-order chi connectivity index (χ1) is 14.7. The van der Waals surface area contributed by atoms with Gasteiger partial charge in [-0.1, -0.05) is 12.1 Å². The molecule has 2 aromatic carbocycles. The fourth-order valence-corrected chi connectivity index (χ4v) is 4.41. The van der Waals surface area contributed by atoms with Crippen LogP contribution in [0.3, 0.4) is 0 Å². The van der Waals surface area contributed by atoms with E-state index in [1.807, 2.05) is 12.1 Å². The van der Waals surface area contributed by atoms with E-state index in [0.29, 0.717) is 6.61 Å². The van der Waals surface area contributed by atoms with Crippen molar-refractivity contribution in [3.8, 4) is 23.1 Å². The zero-order valence-electron chi connectivity index (χ0n) is 17.9. The van der Waals surface area contributed by atoms with E-state index >= 15 is 0 Å². The van der Waals surface area contributed by atoms with Gasteiger partial charge in [-0.05, 0) is 69.6 Å². The van der Waals surface area contributed by atoms with Crippen LogP contribution < -0.4 is 10.1 Å². The van der Waals surface area contributed by atoms with Crippen LogP contribution in [-0.2, 0) is 6.54 Å². The van der Waals surface area contributed by atoms with Crippen molar-refractivity contribution in [1.29, 1.82) is 5.26 Å². The number of benzene rings is 2. The summed E-state index contributed by atoms with van der Waals surface area (Å²) in [6.07, 6.45) is 2.59. The number of aromatic nitrogens is 1. The van der Waals surface area contributed by atoms with Crippen LogP contribution in [-0.4, -0.2) is 42.3 Å². The maximum atomic E-state index is 9.94. The number of nitrogens with zero attached hydrogens (tertiary/aromatic N) is 3. The number of hydrogen-bond donors (Lipinski definition) is 1. The summed E-state index contributed by atoms with van der Waals surface area (Å²) in [6.45, 7) is 9.92. The maximum Gasteiger partial charge on any atom is 0.121 e. The van der Waals surface area contributed by atoms with E-state index < -0.39 is 0 Å². The van der Waals surface area contributed by atoms with Gasteiger partial charge in [-0.15, -0.1) is 0 Å². The van der Waals surface area contributed by atoms with E-state index in [1.54, 1.807) is 0 Å². The molecule has 0 radical (unpaired) electrons.